The molecule has 0 fully saturated rings. The molecule has 0 aliphatic carbocycles. The van der Waals surface area contributed by atoms with Crippen molar-refractivity contribution in [2.75, 3.05) is 20.6 Å². The average molecular weight is 316 g/mol. The molecule has 0 radical (unpaired) electrons. The van der Waals surface area contributed by atoms with E-state index in [9.17, 15) is 4.39 Å². The van der Waals surface area contributed by atoms with E-state index in [2.05, 4.69) is 23.7 Å². The van der Waals surface area contributed by atoms with E-state index in [0.29, 0.717) is 10.7 Å². The molecule has 110 valence electrons. The summed E-state index contributed by atoms with van der Waals surface area (Å²) in [5, 5.41) is 0.106. The number of hydrogen-bond donors (Lipinski definition) is 1. The Kier molecular flexibility index (Phi) is 4.52. The standard InChI is InChI=1S/C14H19ClFN3S/c1-8(2)13(7-18(3)4)19-12-6-10(16)9(15)5-11(12)17-14(19)20/h5-6,8,13H,7H2,1-4H3,(H,17,20). The second-order valence-corrected chi connectivity index (χ2v) is 6.45. The fourth-order valence-electron chi connectivity index (χ4n) is 2.41. The summed E-state index contributed by atoms with van der Waals surface area (Å²) in [6.45, 7) is 5.12. The Labute approximate surface area is 128 Å². The summed E-state index contributed by atoms with van der Waals surface area (Å²) in [6.07, 6.45) is 0. The van der Waals surface area contributed by atoms with Gasteiger partial charge in [0.1, 0.15) is 5.82 Å². The van der Waals surface area contributed by atoms with Crippen molar-refractivity contribution in [3.8, 4) is 0 Å². The number of aromatic nitrogens is 2. The molecule has 1 aromatic heterocycles. The molecule has 0 amide bonds. The van der Waals surface area contributed by atoms with Gasteiger partial charge in [-0.05, 0) is 38.3 Å². The van der Waals surface area contributed by atoms with Crippen LogP contribution in [0.2, 0.25) is 5.02 Å². The first-order valence-corrected chi connectivity index (χ1v) is 7.34. The number of benzene rings is 1. The van der Waals surface area contributed by atoms with Crippen molar-refractivity contribution in [3.05, 3.63) is 27.7 Å². The quantitative estimate of drug-likeness (QED) is 0.853. The highest BCUT2D eigenvalue weighted by Crippen LogP contribution is 2.28. The zero-order chi connectivity index (χ0) is 15.0. The topological polar surface area (TPSA) is 24.0 Å². The number of hydrogen-bond acceptors (Lipinski definition) is 2. The molecule has 1 unspecified atom stereocenters. The van der Waals surface area contributed by atoms with Crippen molar-refractivity contribution in [2.45, 2.75) is 19.9 Å². The van der Waals surface area contributed by atoms with Crippen molar-refractivity contribution in [2.24, 2.45) is 5.92 Å². The van der Waals surface area contributed by atoms with Gasteiger partial charge >= 0.3 is 0 Å². The first kappa shape index (κ1) is 15.5. The molecule has 3 nitrogen and oxygen atoms in total. The summed E-state index contributed by atoms with van der Waals surface area (Å²) in [7, 11) is 4.04. The van der Waals surface area contributed by atoms with E-state index in [-0.39, 0.29) is 11.1 Å². The average Bonchev–Trinajstić information content (AvgIpc) is 2.62. The Morgan fingerprint density at radius 1 is 1.40 bits per heavy atom. The number of fused-ring (bicyclic) bond motifs is 1. The third kappa shape index (κ3) is 2.90. The Hall–Kier alpha value is -0.910. The van der Waals surface area contributed by atoms with Crippen LogP contribution in [0.5, 0.6) is 0 Å². The largest absolute Gasteiger partial charge is 0.331 e. The molecular formula is C14H19ClFN3S. The van der Waals surface area contributed by atoms with Gasteiger partial charge in [-0.1, -0.05) is 25.4 Å². The van der Waals surface area contributed by atoms with Crippen LogP contribution in [0.3, 0.4) is 0 Å². The van der Waals surface area contributed by atoms with Crippen LogP contribution in [0.1, 0.15) is 19.9 Å². The maximum Gasteiger partial charge on any atom is 0.178 e. The second-order valence-electron chi connectivity index (χ2n) is 5.66. The Bertz CT molecular complexity index is 675. The Morgan fingerprint density at radius 2 is 2.05 bits per heavy atom. The van der Waals surface area contributed by atoms with Crippen LogP contribution in [0.4, 0.5) is 4.39 Å². The highest BCUT2D eigenvalue weighted by Gasteiger charge is 2.20. The number of imidazole rings is 1. The molecule has 1 atom stereocenters. The van der Waals surface area contributed by atoms with E-state index in [0.717, 1.165) is 17.6 Å². The predicted octanol–water partition coefficient (Wildman–Crippen LogP) is 4.25. The summed E-state index contributed by atoms with van der Waals surface area (Å²) in [6, 6.07) is 3.22. The van der Waals surface area contributed by atoms with Gasteiger partial charge in [-0.15, -0.1) is 0 Å². The van der Waals surface area contributed by atoms with Crippen LogP contribution in [-0.2, 0) is 0 Å². The van der Waals surface area contributed by atoms with Crippen LogP contribution < -0.4 is 0 Å². The van der Waals surface area contributed by atoms with E-state index in [1.807, 2.05) is 18.7 Å². The predicted molar refractivity (Wildman–Crippen MR) is 84.5 cm³/mol. The lowest BCUT2D eigenvalue weighted by molar-refractivity contribution is 0.272. The summed E-state index contributed by atoms with van der Waals surface area (Å²) >= 11 is 11.2. The van der Waals surface area contributed by atoms with Gasteiger partial charge in [0.15, 0.2) is 4.77 Å². The van der Waals surface area contributed by atoms with E-state index in [1.54, 1.807) is 6.07 Å². The van der Waals surface area contributed by atoms with Crippen molar-refractivity contribution < 1.29 is 4.39 Å². The lowest BCUT2D eigenvalue weighted by atomic mass is 10.0. The zero-order valence-electron chi connectivity index (χ0n) is 12.1. The SMILES string of the molecule is CC(C)C(CN(C)C)n1c(=S)[nH]c2cc(Cl)c(F)cc21. The van der Waals surface area contributed by atoms with E-state index in [4.69, 9.17) is 23.8 Å². The molecule has 1 heterocycles. The molecule has 2 aromatic rings. The third-order valence-corrected chi connectivity index (χ3v) is 4.00. The molecule has 0 bridgehead atoms. The van der Waals surface area contributed by atoms with Gasteiger partial charge in [-0.25, -0.2) is 4.39 Å². The van der Waals surface area contributed by atoms with Gasteiger partial charge in [0.05, 0.1) is 22.1 Å². The fourth-order valence-corrected chi connectivity index (χ4v) is 2.92. The second kappa shape index (κ2) is 5.84. The van der Waals surface area contributed by atoms with Gasteiger partial charge in [-0.2, -0.15) is 0 Å². The minimum Gasteiger partial charge on any atom is -0.331 e. The van der Waals surface area contributed by atoms with Crippen LogP contribution in [0, 0.1) is 16.5 Å². The number of nitrogens with zero attached hydrogens (tertiary/aromatic N) is 2. The Balaban J connectivity index is 2.65. The van der Waals surface area contributed by atoms with Gasteiger partial charge in [0, 0.05) is 12.6 Å². The normalized spacial score (nSPS) is 13.6. The molecule has 2 rings (SSSR count). The highest BCUT2D eigenvalue weighted by atomic mass is 35.5. The lowest BCUT2D eigenvalue weighted by Crippen LogP contribution is -2.28. The maximum atomic E-state index is 13.8. The number of rotatable bonds is 4. The van der Waals surface area contributed by atoms with Crippen LogP contribution >= 0.6 is 23.8 Å². The molecule has 0 spiro atoms. The minimum absolute atomic E-state index is 0.106. The molecule has 0 saturated carbocycles. The maximum absolute atomic E-state index is 13.8. The van der Waals surface area contributed by atoms with Crippen molar-refractivity contribution in [1.29, 1.82) is 0 Å². The molecule has 0 aliphatic rings. The number of H-pyrrole nitrogens is 1. The van der Waals surface area contributed by atoms with Crippen molar-refractivity contribution >= 4 is 34.9 Å². The molecule has 1 aromatic carbocycles. The molecule has 20 heavy (non-hydrogen) atoms. The smallest absolute Gasteiger partial charge is 0.178 e. The minimum atomic E-state index is -0.422. The van der Waals surface area contributed by atoms with Gasteiger partial charge in [0.25, 0.3) is 0 Å². The van der Waals surface area contributed by atoms with E-state index in [1.165, 1.54) is 6.07 Å². The summed E-state index contributed by atoms with van der Waals surface area (Å²) in [5.74, 6) is -0.0453. The fraction of sp³-hybridized carbons (Fsp3) is 0.500. The summed E-state index contributed by atoms with van der Waals surface area (Å²) < 4.78 is 16.4. The molecule has 0 saturated heterocycles. The first-order chi connectivity index (χ1) is 9.31. The van der Waals surface area contributed by atoms with Gasteiger partial charge in [0.2, 0.25) is 0 Å². The van der Waals surface area contributed by atoms with Crippen LogP contribution in [0.25, 0.3) is 11.0 Å². The number of nitrogens with one attached hydrogen (secondary N) is 1. The molecular weight excluding hydrogens is 297 g/mol. The zero-order valence-corrected chi connectivity index (χ0v) is 13.6. The van der Waals surface area contributed by atoms with Crippen molar-refractivity contribution in [1.82, 2.24) is 14.5 Å². The lowest BCUT2D eigenvalue weighted by Gasteiger charge is -2.26. The van der Waals surface area contributed by atoms with E-state index < -0.39 is 5.82 Å². The number of aromatic amines is 1. The third-order valence-electron chi connectivity index (χ3n) is 3.41. The van der Waals surface area contributed by atoms with Crippen LogP contribution in [-0.4, -0.2) is 35.1 Å². The summed E-state index contributed by atoms with van der Waals surface area (Å²) in [5.41, 5.74) is 1.53. The molecule has 0 aliphatic heterocycles. The van der Waals surface area contributed by atoms with Gasteiger partial charge in [-0.3, -0.25) is 0 Å². The molecule has 6 heteroatoms. The van der Waals surface area contributed by atoms with Crippen LogP contribution in [0.15, 0.2) is 12.1 Å². The van der Waals surface area contributed by atoms with Crippen molar-refractivity contribution in [3.63, 3.8) is 0 Å². The monoisotopic (exact) mass is 315 g/mol. The van der Waals surface area contributed by atoms with E-state index >= 15 is 0 Å². The molecule has 1 N–H and O–H groups in total. The summed E-state index contributed by atoms with van der Waals surface area (Å²) in [4.78, 5) is 5.22. The Morgan fingerprint density at radius 3 is 2.60 bits per heavy atom. The number of likely N-dealkylation sites (N-methyl/N-ethyl adjacent to an activating group) is 1. The van der Waals surface area contributed by atoms with Gasteiger partial charge < -0.3 is 14.5 Å². The first-order valence-electron chi connectivity index (χ1n) is 6.55. The number of halogens is 2. The highest BCUT2D eigenvalue weighted by molar-refractivity contribution is 7.71.